The van der Waals surface area contributed by atoms with Crippen molar-refractivity contribution < 1.29 is 4.42 Å². The van der Waals surface area contributed by atoms with E-state index in [2.05, 4.69) is 48.4 Å². The molecule has 0 saturated heterocycles. The smallest absolute Gasteiger partial charge is 0.168 e. The summed E-state index contributed by atoms with van der Waals surface area (Å²) in [4.78, 5) is 9.43. The lowest BCUT2D eigenvalue weighted by atomic mass is 10.2. The second-order valence-corrected chi connectivity index (χ2v) is 6.31. The molecule has 0 unspecified atom stereocenters. The van der Waals surface area contributed by atoms with Crippen LogP contribution in [-0.2, 0) is 13.0 Å². The van der Waals surface area contributed by atoms with Gasteiger partial charge in [0.05, 0.1) is 29.6 Å². The summed E-state index contributed by atoms with van der Waals surface area (Å²) in [6.07, 6.45) is 2.42. The number of hydrogen-bond acceptors (Lipinski definition) is 5. The second-order valence-electron chi connectivity index (χ2n) is 6.31. The van der Waals surface area contributed by atoms with E-state index in [0.717, 1.165) is 46.2 Å². The Morgan fingerprint density at radius 3 is 2.58 bits per heavy atom. The molecule has 6 heteroatoms. The summed E-state index contributed by atoms with van der Waals surface area (Å²) in [5, 5.41) is 9.04. The van der Waals surface area contributed by atoms with Crippen LogP contribution >= 0.6 is 0 Å². The Morgan fingerprint density at radius 2 is 1.88 bits per heavy atom. The highest BCUT2D eigenvalue weighted by molar-refractivity contribution is 5.90. The summed E-state index contributed by atoms with van der Waals surface area (Å²) in [7, 11) is 0. The lowest BCUT2D eigenvalue weighted by Crippen LogP contribution is -2.06. The molecule has 26 heavy (non-hydrogen) atoms. The average Bonchev–Trinajstić information content (AvgIpc) is 3.28. The molecular formula is C20H21N5O. The van der Waals surface area contributed by atoms with E-state index in [1.807, 2.05) is 23.7 Å². The van der Waals surface area contributed by atoms with Gasteiger partial charge >= 0.3 is 0 Å². The molecule has 3 aromatic heterocycles. The molecule has 132 valence electrons. The average molecular weight is 347 g/mol. The van der Waals surface area contributed by atoms with Crippen molar-refractivity contribution >= 4 is 16.9 Å². The van der Waals surface area contributed by atoms with Gasteiger partial charge in [-0.15, -0.1) is 0 Å². The van der Waals surface area contributed by atoms with Crippen molar-refractivity contribution in [2.75, 3.05) is 5.32 Å². The molecule has 3 heterocycles. The number of aryl methyl sites for hydroxylation is 3. The zero-order chi connectivity index (χ0) is 18.1. The van der Waals surface area contributed by atoms with Gasteiger partial charge in [0, 0.05) is 6.42 Å². The maximum atomic E-state index is 5.41. The van der Waals surface area contributed by atoms with E-state index in [9.17, 15) is 0 Å². The fourth-order valence-corrected chi connectivity index (χ4v) is 2.96. The van der Waals surface area contributed by atoms with Crippen LogP contribution in [0.25, 0.3) is 16.7 Å². The number of fused-ring (bicyclic) bond motifs is 1. The highest BCUT2D eigenvalue weighted by Crippen LogP contribution is 2.27. The number of rotatable bonds is 5. The Hall–Kier alpha value is -3.15. The quantitative estimate of drug-likeness (QED) is 0.586. The van der Waals surface area contributed by atoms with Gasteiger partial charge in [0.15, 0.2) is 5.65 Å². The van der Waals surface area contributed by atoms with Gasteiger partial charge in [-0.1, -0.05) is 24.6 Å². The van der Waals surface area contributed by atoms with Crippen molar-refractivity contribution in [3.05, 3.63) is 65.5 Å². The molecule has 0 saturated carbocycles. The number of nitrogens with one attached hydrogen (secondary N) is 1. The zero-order valence-electron chi connectivity index (χ0n) is 15.2. The third-order valence-corrected chi connectivity index (χ3v) is 4.35. The van der Waals surface area contributed by atoms with Crippen LogP contribution < -0.4 is 5.32 Å². The normalized spacial score (nSPS) is 11.2. The molecule has 0 aliphatic heterocycles. The van der Waals surface area contributed by atoms with Crippen LogP contribution in [0.15, 0.2) is 47.1 Å². The molecule has 1 aromatic carbocycles. The third kappa shape index (κ3) is 2.94. The van der Waals surface area contributed by atoms with Crippen molar-refractivity contribution in [2.45, 2.75) is 33.7 Å². The molecule has 0 aliphatic rings. The lowest BCUT2D eigenvalue weighted by molar-refractivity contribution is 0.518. The topological polar surface area (TPSA) is 68.8 Å². The summed E-state index contributed by atoms with van der Waals surface area (Å²) >= 11 is 0. The van der Waals surface area contributed by atoms with Crippen LogP contribution in [-0.4, -0.2) is 19.7 Å². The summed E-state index contributed by atoms with van der Waals surface area (Å²) in [6.45, 7) is 6.68. The van der Waals surface area contributed by atoms with Crippen molar-refractivity contribution in [3.8, 4) is 5.69 Å². The highest BCUT2D eigenvalue weighted by atomic mass is 16.3. The Balaban J connectivity index is 1.83. The minimum Gasteiger partial charge on any atom is -0.467 e. The van der Waals surface area contributed by atoms with Crippen LogP contribution in [0.4, 0.5) is 5.82 Å². The van der Waals surface area contributed by atoms with E-state index in [1.165, 1.54) is 5.56 Å². The van der Waals surface area contributed by atoms with Gasteiger partial charge in [-0.3, -0.25) is 0 Å². The molecule has 0 fully saturated rings. The van der Waals surface area contributed by atoms with Gasteiger partial charge in [-0.2, -0.15) is 5.10 Å². The van der Waals surface area contributed by atoms with E-state index in [1.54, 1.807) is 6.26 Å². The Morgan fingerprint density at radius 1 is 1.08 bits per heavy atom. The number of aromatic nitrogens is 4. The fraction of sp³-hybridized carbons (Fsp3) is 0.250. The number of furan rings is 1. The first-order chi connectivity index (χ1) is 12.7. The monoisotopic (exact) mass is 347 g/mol. The second kappa shape index (κ2) is 6.63. The minimum atomic E-state index is 0.567. The number of nitrogens with zero attached hydrogens (tertiary/aromatic N) is 4. The van der Waals surface area contributed by atoms with Crippen molar-refractivity contribution in [1.82, 2.24) is 19.7 Å². The van der Waals surface area contributed by atoms with Crippen LogP contribution in [0.3, 0.4) is 0 Å². The first-order valence-electron chi connectivity index (χ1n) is 8.75. The molecule has 0 radical (unpaired) electrons. The summed E-state index contributed by atoms with van der Waals surface area (Å²) in [5.74, 6) is 2.44. The Bertz CT molecular complexity index is 1030. The third-order valence-electron chi connectivity index (χ3n) is 4.35. The zero-order valence-corrected chi connectivity index (χ0v) is 15.2. The molecule has 0 spiro atoms. The van der Waals surface area contributed by atoms with E-state index in [0.29, 0.717) is 6.54 Å². The summed E-state index contributed by atoms with van der Waals surface area (Å²) < 4.78 is 7.30. The van der Waals surface area contributed by atoms with Gasteiger partial charge < -0.3 is 9.73 Å². The van der Waals surface area contributed by atoms with Gasteiger partial charge in [0.25, 0.3) is 0 Å². The molecule has 4 rings (SSSR count). The molecule has 0 bridgehead atoms. The fourth-order valence-electron chi connectivity index (χ4n) is 2.96. The predicted molar refractivity (Wildman–Crippen MR) is 102 cm³/mol. The first-order valence-corrected chi connectivity index (χ1v) is 8.75. The summed E-state index contributed by atoms with van der Waals surface area (Å²) in [6, 6.07) is 12.1. The molecule has 6 nitrogen and oxygen atoms in total. The number of anilines is 1. The van der Waals surface area contributed by atoms with Gasteiger partial charge in [0.2, 0.25) is 0 Å². The van der Waals surface area contributed by atoms with Crippen molar-refractivity contribution in [2.24, 2.45) is 0 Å². The van der Waals surface area contributed by atoms with Crippen molar-refractivity contribution in [1.29, 1.82) is 0 Å². The van der Waals surface area contributed by atoms with E-state index in [4.69, 9.17) is 14.5 Å². The molecule has 0 aliphatic carbocycles. The molecule has 0 atom stereocenters. The standard InChI is InChI=1S/C20H21N5O/c1-4-17-22-19(21-12-16-6-5-11-26-16)18-14(3)24-25(20(18)23-17)15-9-7-13(2)8-10-15/h5-11H,4,12H2,1-3H3,(H,21,22,23). The van der Waals surface area contributed by atoms with Gasteiger partial charge in [-0.05, 0) is 38.1 Å². The van der Waals surface area contributed by atoms with E-state index < -0.39 is 0 Å². The van der Waals surface area contributed by atoms with Crippen molar-refractivity contribution in [3.63, 3.8) is 0 Å². The SMILES string of the molecule is CCc1nc(NCc2ccco2)c2c(C)nn(-c3ccc(C)cc3)c2n1. The largest absolute Gasteiger partial charge is 0.467 e. The van der Waals surface area contributed by atoms with E-state index >= 15 is 0 Å². The Kier molecular flexibility index (Phi) is 4.16. The minimum absolute atomic E-state index is 0.567. The predicted octanol–water partition coefficient (Wildman–Crippen LogP) is 4.20. The van der Waals surface area contributed by atoms with Crippen LogP contribution in [0.2, 0.25) is 0 Å². The molecular weight excluding hydrogens is 326 g/mol. The maximum Gasteiger partial charge on any atom is 0.168 e. The maximum absolute atomic E-state index is 5.41. The van der Waals surface area contributed by atoms with E-state index in [-0.39, 0.29) is 0 Å². The molecule has 4 aromatic rings. The van der Waals surface area contributed by atoms with Gasteiger partial charge in [0.1, 0.15) is 17.4 Å². The Labute approximate surface area is 151 Å². The van der Waals surface area contributed by atoms with Gasteiger partial charge in [-0.25, -0.2) is 14.6 Å². The number of benzene rings is 1. The van der Waals surface area contributed by atoms with Crippen LogP contribution in [0, 0.1) is 13.8 Å². The molecule has 0 amide bonds. The highest BCUT2D eigenvalue weighted by Gasteiger charge is 2.17. The lowest BCUT2D eigenvalue weighted by Gasteiger charge is -2.09. The number of hydrogen-bond donors (Lipinski definition) is 1. The molecule has 1 N–H and O–H groups in total. The summed E-state index contributed by atoms with van der Waals surface area (Å²) in [5.41, 5.74) is 3.92. The van der Waals surface area contributed by atoms with Crippen LogP contribution in [0.1, 0.15) is 29.8 Å². The van der Waals surface area contributed by atoms with Crippen LogP contribution in [0.5, 0.6) is 0 Å². The first kappa shape index (κ1) is 16.3.